The lowest BCUT2D eigenvalue weighted by Crippen LogP contribution is -2.49. The van der Waals surface area contributed by atoms with Gasteiger partial charge in [0.15, 0.2) is 5.76 Å². The Labute approximate surface area is 182 Å². The highest BCUT2D eigenvalue weighted by molar-refractivity contribution is 6.31. The first kappa shape index (κ1) is 21.4. The van der Waals surface area contributed by atoms with Gasteiger partial charge in [-0.3, -0.25) is 9.69 Å². The van der Waals surface area contributed by atoms with E-state index in [4.69, 9.17) is 20.8 Å². The second-order valence-corrected chi connectivity index (χ2v) is 8.36. The number of aryl methyl sites for hydroxylation is 1. The molecule has 3 heterocycles. The van der Waals surface area contributed by atoms with Gasteiger partial charge < -0.3 is 19.2 Å². The number of carbonyl (C=O) groups excluding carboxylic acids is 1. The van der Waals surface area contributed by atoms with Gasteiger partial charge in [0.25, 0.3) is 5.91 Å². The van der Waals surface area contributed by atoms with Gasteiger partial charge in [-0.1, -0.05) is 36.7 Å². The summed E-state index contributed by atoms with van der Waals surface area (Å²) in [4.78, 5) is 17.6. The maximum absolute atomic E-state index is 13.5. The Bertz CT molecular complexity index is 878. The van der Waals surface area contributed by atoms with Crippen LogP contribution >= 0.6 is 11.6 Å². The van der Waals surface area contributed by atoms with E-state index in [0.29, 0.717) is 23.9 Å². The number of nitrogens with zero attached hydrogens (tertiary/aromatic N) is 2. The molecular formula is C23H29ClN2O4. The number of benzene rings is 1. The fraction of sp³-hybridized carbons (Fsp3) is 0.522. The van der Waals surface area contributed by atoms with Crippen LogP contribution in [0.1, 0.15) is 53.2 Å². The van der Waals surface area contributed by atoms with E-state index >= 15 is 0 Å². The molecule has 4 rings (SSSR count). The second kappa shape index (κ2) is 9.52. The number of aliphatic hydroxyl groups excluding tert-OH is 1. The number of hydrogen-bond acceptors (Lipinski definition) is 5. The van der Waals surface area contributed by atoms with Gasteiger partial charge in [0.05, 0.1) is 19.3 Å². The van der Waals surface area contributed by atoms with Crippen LogP contribution in [0, 0.1) is 0 Å². The molecule has 2 aromatic rings. The zero-order valence-corrected chi connectivity index (χ0v) is 18.1. The van der Waals surface area contributed by atoms with Gasteiger partial charge >= 0.3 is 0 Å². The standard InChI is InChI=1S/C23H29ClN2O4/c1-2-19-16(14-25-9-5-6-10-25)13-20(30-19)23(28)26-11-12-29-21(15-27)22(26)17-7-3-4-8-18(17)24/h3-4,7-8,13,21-22,27H,2,5-6,9-12,14-15H2,1H3/t21-,22-/m0/s1. The molecule has 0 bridgehead atoms. The summed E-state index contributed by atoms with van der Waals surface area (Å²) in [7, 11) is 0. The van der Waals surface area contributed by atoms with Gasteiger partial charge in [-0.2, -0.15) is 0 Å². The fourth-order valence-corrected chi connectivity index (χ4v) is 4.77. The molecule has 1 N–H and O–H groups in total. The Morgan fingerprint density at radius 1 is 1.23 bits per heavy atom. The minimum absolute atomic E-state index is 0.191. The summed E-state index contributed by atoms with van der Waals surface area (Å²) in [5, 5.41) is 10.4. The minimum Gasteiger partial charge on any atom is -0.456 e. The maximum atomic E-state index is 13.5. The summed E-state index contributed by atoms with van der Waals surface area (Å²) < 4.78 is 11.8. The number of hydrogen-bond donors (Lipinski definition) is 1. The van der Waals surface area contributed by atoms with E-state index in [-0.39, 0.29) is 12.5 Å². The topological polar surface area (TPSA) is 66.2 Å². The van der Waals surface area contributed by atoms with Gasteiger partial charge in [-0.25, -0.2) is 0 Å². The van der Waals surface area contributed by atoms with Crippen molar-refractivity contribution >= 4 is 17.5 Å². The second-order valence-electron chi connectivity index (χ2n) is 7.95. The zero-order valence-electron chi connectivity index (χ0n) is 17.3. The first-order valence-corrected chi connectivity index (χ1v) is 11.1. The lowest BCUT2D eigenvalue weighted by atomic mass is 9.97. The fourth-order valence-electron chi connectivity index (χ4n) is 4.53. The highest BCUT2D eigenvalue weighted by atomic mass is 35.5. The summed E-state index contributed by atoms with van der Waals surface area (Å²) in [5.41, 5.74) is 1.86. The van der Waals surface area contributed by atoms with Crippen LogP contribution in [0.3, 0.4) is 0 Å². The molecule has 2 aliphatic rings. The van der Waals surface area contributed by atoms with Crippen molar-refractivity contribution in [2.24, 2.45) is 0 Å². The first-order chi connectivity index (χ1) is 14.6. The zero-order chi connectivity index (χ0) is 21.1. The number of ether oxygens (including phenoxy) is 1. The summed E-state index contributed by atoms with van der Waals surface area (Å²) in [6, 6.07) is 8.82. The highest BCUT2D eigenvalue weighted by Crippen LogP contribution is 2.35. The monoisotopic (exact) mass is 432 g/mol. The predicted molar refractivity (Wildman–Crippen MR) is 115 cm³/mol. The normalized spacial score (nSPS) is 22.6. The Morgan fingerprint density at radius 2 is 2.00 bits per heavy atom. The van der Waals surface area contributed by atoms with Crippen LogP contribution in [0.5, 0.6) is 0 Å². The van der Waals surface area contributed by atoms with E-state index in [0.717, 1.165) is 42.9 Å². The summed E-state index contributed by atoms with van der Waals surface area (Å²) in [5.74, 6) is 1.02. The Kier molecular flexibility index (Phi) is 6.78. The van der Waals surface area contributed by atoms with E-state index in [1.807, 2.05) is 31.2 Å². The van der Waals surface area contributed by atoms with E-state index in [9.17, 15) is 9.90 Å². The van der Waals surface area contributed by atoms with Gasteiger partial charge in [0, 0.05) is 30.1 Å². The van der Waals surface area contributed by atoms with Crippen molar-refractivity contribution < 1.29 is 19.1 Å². The van der Waals surface area contributed by atoms with Gasteiger partial charge in [-0.15, -0.1) is 0 Å². The number of amides is 1. The third-order valence-electron chi connectivity index (χ3n) is 6.04. The van der Waals surface area contributed by atoms with Crippen LogP contribution in [0.15, 0.2) is 34.7 Å². The molecule has 6 nitrogen and oxygen atoms in total. The molecule has 30 heavy (non-hydrogen) atoms. The predicted octanol–water partition coefficient (Wildman–Crippen LogP) is 3.67. The first-order valence-electron chi connectivity index (χ1n) is 10.7. The number of halogens is 1. The molecule has 0 aliphatic carbocycles. The molecule has 0 radical (unpaired) electrons. The maximum Gasteiger partial charge on any atom is 0.290 e. The minimum atomic E-state index is -0.535. The van der Waals surface area contributed by atoms with E-state index in [1.165, 1.54) is 12.8 Å². The van der Waals surface area contributed by atoms with Crippen LogP contribution < -0.4 is 0 Å². The Morgan fingerprint density at radius 3 is 2.70 bits per heavy atom. The third-order valence-corrected chi connectivity index (χ3v) is 6.38. The largest absolute Gasteiger partial charge is 0.456 e. The van der Waals surface area contributed by atoms with Crippen LogP contribution in [0.2, 0.25) is 5.02 Å². The molecule has 7 heteroatoms. The van der Waals surface area contributed by atoms with Gasteiger partial charge in [0.2, 0.25) is 0 Å². The van der Waals surface area contributed by atoms with Gasteiger partial charge in [0.1, 0.15) is 11.9 Å². The molecule has 2 fully saturated rings. The number of likely N-dealkylation sites (tertiary alicyclic amines) is 1. The molecule has 1 aromatic carbocycles. The molecule has 0 unspecified atom stereocenters. The smallest absolute Gasteiger partial charge is 0.290 e. The van der Waals surface area contributed by atoms with Crippen LogP contribution in [0.4, 0.5) is 0 Å². The molecule has 1 amide bonds. The molecule has 0 spiro atoms. The number of rotatable bonds is 6. The summed E-state index contributed by atoms with van der Waals surface area (Å²) in [6.45, 7) is 5.62. The molecular weight excluding hydrogens is 404 g/mol. The summed E-state index contributed by atoms with van der Waals surface area (Å²) in [6.07, 6.45) is 2.65. The Hall–Kier alpha value is -1.86. The van der Waals surface area contributed by atoms with Crippen molar-refractivity contribution in [3.8, 4) is 0 Å². The Balaban J connectivity index is 1.63. The third kappa shape index (κ3) is 4.28. The highest BCUT2D eigenvalue weighted by Gasteiger charge is 2.38. The molecule has 0 saturated carbocycles. The number of aliphatic hydroxyl groups is 1. The quantitative estimate of drug-likeness (QED) is 0.754. The molecule has 2 aliphatic heterocycles. The van der Waals surface area contributed by atoms with Crippen molar-refractivity contribution in [2.75, 3.05) is 32.8 Å². The molecule has 1 aromatic heterocycles. The van der Waals surface area contributed by atoms with E-state index < -0.39 is 12.1 Å². The van der Waals surface area contributed by atoms with Crippen LogP contribution in [-0.2, 0) is 17.7 Å². The van der Waals surface area contributed by atoms with E-state index in [1.54, 1.807) is 11.0 Å². The summed E-state index contributed by atoms with van der Waals surface area (Å²) >= 11 is 6.44. The molecule has 2 saturated heterocycles. The lowest BCUT2D eigenvalue weighted by Gasteiger charge is -2.40. The van der Waals surface area contributed by atoms with Gasteiger partial charge in [-0.05, 0) is 43.6 Å². The van der Waals surface area contributed by atoms with Crippen molar-refractivity contribution in [2.45, 2.75) is 44.9 Å². The van der Waals surface area contributed by atoms with Crippen LogP contribution in [0.25, 0.3) is 0 Å². The van der Waals surface area contributed by atoms with E-state index in [2.05, 4.69) is 4.90 Å². The SMILES string of the molecule is CCc1oc(C(=O)N2CCO[C@@H](CO)[C@@H]2c2ccccc2Cl)cc1CN1CCCC1. The lowest BCUT2D eigenvalue weighted by molar-refractivity contribution is -0.0817. The molecule has 162 valence electrons. The van der Waals surface area contributed by atoms with Crippen molar-refractivity contribution in [1.29, 1.82) is 0 Å². The van der Waals surface area contributed by atoms with Crippen LogP contribution in [-0.4, -0.2) is 59.8 Å². The van der Waals surface area contributed by atoms with Crippen molar-refractivity contribution in [1.82, 2.24) is 9.80 Å². The average molecular weight is 433 g/mol. The molecule has 2 atom stereocenters. The van der Waals surface area contributed by atoms with Crippen molar-refractivity contribution in [3.63, 3.8) is 0 Å². The number of carbonyl (C=O) groups is 1. The number of furan rings is 1. The average Bonchev–Trinajstić information content (AvgIpc) is 3.43. The van der Waals surface area contributed by atoms with Crippen molar-refractivity contribution in [3.05, 3.63) is 58.0 Å². The number of morpholine rings is 1.